The number of hydrogen-bond acceptors (Lipinski definition) is 6. The molecule has 0 bridgehead atoms. The molecule has 25 heavy (non-hydrogen) atoms. The number of nitrogens with one attached hydrogen (secondary N) is 2. The molecule has 1 amide bonds. The van der Waals surface area contributed by atoms with Gasteiger partial charge in [-0.1, -0.05) is 6.07 Å². The zero-order chi connectivity index (χ0) is 17.6. The maximum absolute atomic E-state index is 14.3. The lowest BCUT2D eigenvalue weighted by molar-refractivity contribution is 0.0255. The van der Waals surface area contributed by atoms with Crippen LogP contribution in [0.15, 0.2) is 30.6 Å². The van der Waals surface area contributed by atoms with Crippen molar-refractivity contribution in [2.75, 3.05) is 31.6 Å². The number of benzene rings is 1. The molecule has 1 unspecified atom stereocenters. The van der Waals surface area contributed by atoms with Crippen LogP contribution in [0.3, 0.4) is 0 Å². The van der Waals surface area contributed by atoms with E-state index in [1.165, 1.54) is 18.5 Å². The number of ether oxygens (including phenoxy) is 2. The first-order chi connectivity index (χ1) is 12.2. The number of carbonyl (C=O) groups excluding carboxylic acids is 1. The summed E-state index contributed by atoms with van der Waals surface area (Å²) in [5, 5.41) is 5.76. The molecule has 0 radical (unpaired) electrons. The van der Waals surface area contributed by atoms with Gasteiger partial charge >= 0.3 is 0 Å². The van der Waals surface area contributed by atoms with E-state index in [2.05, 4.69) is 20.6 Å². The van der Waals surface area contributed by atoms with E-state index in [0.717, 1.165) is 6.54 Å². The number of halogens is 1. The Morgan fingerprint density at radius 2 is 2.32 bits per heavy atom. The predicted octanol–water partition coefficient (Wildman–Crippen LogP) is 1.93. The number of morpholine rings is 1. The van der Waals surface area contributed by atoms with E-state index in [-0.39, 0.29) is 11.8 Å². The Balaban J connectivity index is 1.67. The summed E-state index contributed by atoms with van der Waals surface area (Å²) < 4.78 is 25.0. The molecule has 0 aliphatic carbocycles. The Bertz CT molecular complexity index is 733. The largest absolute Gasteiger partial charge is 0.477 e. The normalized spacial score (nSPS) is 17.1. The average molecular weight is 346 g/mol. The van der Waals surface area contributed by atoms with Crippen LogP contribution in [-0.4, -0.2) is 42.2 Å². The van der Waals surface area contributed by atoms with E-state index in [4.69, 9.17) is 9.47 Å². The Morgan fingerprint density at radius 1 is 1.44 bits per heavy atom. The molecule has 132 valence electrons. The molecule has 2 aromatic rings. The number of aromatic nitrogens is 2. The van der Waals surface area contributed by atoms with Gasteiger partial charge in [-0.05, 0) is 19.1 Å². The zero-order valence-electron chi connectivity index (χ0n) is 13.8. The van der Waals surface area contributed by atoms with Crippen molar-refractivity contribution in [3.63, 3.8) is 0 Å². The van der Waals surface area contributed by atoms with Crippen molar-refractivity contribution in [1.82, 2.24) is 15.3 Å². The van der Waals surface area contributed by atoms with E-state index in [0.29, 0.717) is 36.9 Å². The first kappa shape index (κ1) is 17.2. The summed E-state index contributed by atoms with van der Waals surface area (Å²) in [6, 6.07) is 4.52. The van der Waals surface area contributed by atoms with Crippen molar-refractivity contribution in [2.45, 2.75) is 13.0 Å². The molecular weight excluding hydrogens is 327 g/mol. The van der Waals surface area contributed by atoms with E-state index in [9.17, 15) is 9.18 Å². The zero-order valence-corrected chi connectivity index (χ0v) is 13.8. The number of anilines is 1. The van der Waals surface area contributed by atoms with E-state index >= 15 is 0 Å². The number of rotatable bonds is 5. The fraction of sp³-hybridized carbons (Fsp3) is 0.353. The summed E-state index contributed by atoms with van der Waals surface area (Å²) in [5.74, 6) is -0.557. The molecule has 1 aliphatic rings. The topological polar surface area (TPSA) is 85.4 Å². The van der Waals surface area contributed by atoms with Gasteiger partial charge in [0.2, 0.25) is 5.88 Å². The fourth-order valence-corrected chi connectivity index (χ4v) is 2.48. The molecule has 1 atom stereocenters. The van der Waals surface area contributed by atoms with E-state index in [1.54, 1.807) is 12.1 Å². The molecule has 8 heteroatoms. The molecule has 1 saturated heterocycles. The lowest BCUT2D eigenvalue weighted by Crippen LogP contribution is -2.33. The van der Waals surface area contributed by atoms with Crippen molar-refractivity contribution in [3.05, 3.63) is 47.7 Å². The molecule has 1 aliphatic heterocycles. The molecule has 0 saturated carbocycles. The lowest BCUT2D eigenvalue weighted by atomic mass is 10.1. The minimum Gasteiger partial charge on any atom is -0.477 e. The van der Waals surface area contributed by atoms with Crippen molar-refractivity contribution < 1.29 is 18.7 Å². The molecule has 0 spiro atoms. The van der Waals surface area contributed by atoms with Gasteiger partial charge in [-0.15, -0.1) is 0 Å². The van der Waals surface area contributed by atoms with Gasteiger partial charge in [-0.3, -0.25) is 4.79 Å². The molecule has 3 rings (SSSR count). The fourth-order valence-electron chi connectivity index (χ4n) is 2.48. The summed E-state index contributed by atoms with van der Waals surface area (Å²) in [5.41, 5.74) is 0.921. The number of carbonyl (C=O) groups is 1. The summed E-state index contributed by atoms with van der Waals surface area (Å²) >= 11 is 0. The summed E-state index contributed by atoms with van der Waals surface area (Å²) in [6.45, 7) is 4.15. The van der Waals surface area contributed by atoms with Gasteiger partial charge in [0.15, 0.2) is 0 Å². The molecule has 1 fully saturated rings. The van der Waals surface area contributed by atoms with Crippen molar-refractivity contribution in [2.24, 2.45) is 0 Å². The van der Waals surface area contributed by atoms with Gasteiger partial charge < -0.3 is 20.1 Å². The Labute approximate surface area is 144 Å². The third-order valence-electron chi connectivity index (χ3n) is 3.69. The van der Waals surface area contributed by atoms with E-state index in [1.807, 2.05) is 6.92 Å². The molecule has 1 aromatic carbocycles. The van der Waals surface area contributed by atoms with Crippen LogP contribution in [0.1, 0.15) is 29.1 Å². The van der Waals surface area contributed by atoms with Crippen molar-refractivity contribution >= 4 is 11.6 Å². The molecular formula is C17H19FN4O3. The van der Waals surface area contributed by atoms with Crippen LogP contribution in [-0.2, 0) is 4.74 Å². The second-order valence-corrected chi connectivity index (χ2v) is 5.43. The maximum atomic E-state index is 14.3. The second-order valence-electron chi connectivity index (χ2n) is 5.43. The summed E-state index contributed by atoms with van der Waals surface area (Å²) in [7, 11) is 0. The molecule has 7 nitrogen and oxygen atoms in total. The van der Waals surface area contributed by atoms with Crippen molar-refractivity contribution in [1.29, 1.82) is 0 Å². The highest BCUT2D eigenvalue weighted by atomic mass is 19.1. The van der Waals surface area contributed by atoms with Crippen LogP contribution in [0.4, 0.5) is 10.1 Å². The van der Waals surface area contributed by atoms with Crippen molar-refractivity contribution in [3.8, 4) is 5.88 Å². The highest BCUT2D eigenvalue weighted by Gasteiger charge is 2.20. The lowest BCUT2D eigenvalue weighted by Gasteiger charge is -2.24. The smallest absolute Gasteiger partial charge is 0.275 e. The number of nitrogens with zero attached hydrogens (tertiary/aromatic N) is 2. The third-order valence-corrected chi connectivity index (χ3v) is 3.69. The van der Waals surface area contributed by atoms with Crippen LogP contribution in [0, 0.1) is 5.82 Å². The first-order valence-corrected chi connectivity index (χ1v) is 8.05. The quantitative estimate of drug-likeness (QED) is 0.860. The highest BCUT2D eigenvalue weighted by molar-refractivity contribution is 6.02. The van der Waals surface area contributed by atoms with Gasteiger partial charge in [0.25, 0.3) is 5.91 Å². The Kier molecular flexibility index (Phi) is 5.52. The second kappa shape index (κ2) is 8.00. The van der Waals surface area contributed by atoms with Crippen LogP contribution < -0.4 is 15.4 Å². The average Bonchev–Trinajstić information content (AvgIpc) is 2.63. The minimum atomic E-state index is -0.474. The first-order valence-electron chi connectivity index (χ1n) is 8.05. The minimum absolute atomic E-state index is 0.118. The van der Waals surface area contributed by atoms with Crippen LogP contribution in [0.2, 0.25) is 0 Å². The Morgan fingerprint density at radius 3 is 2.96 bits per heavy atom. The Hall–Kier alpha value is -2.58. The standard InChI is InChI=1S/C17H19FN4O3/c1-2-24-16-10-20-14(8-21-16)17(23)22-11-3-4-12(13(18)7-11)15-9-19-5-6-25-15/h3-4,7-8,10,15,19H,2,5-6,9H2,1H3,(H,22,23). The maximum Gasteiger partial charge on any atom is 0.275 e. The van der Waals surface area contributed by atoms with Gasteiger partial charge in [-0.2, -0.15) is 0 Å². The number of amides is 1. The number of hydrogen-bond donors (Lipinski definition) is 2. The van der Waals surface area contributed by atoms with E-state index < -0.39 is 11.7 Å². The van der Waals surface area contributed by atoms with Gasteiger partial charge in [-0.25, -0.2) is 14.4 Å². The third kappa shape index (κ3) is 4.28. The predicted molar refractivity (Wildman–Crippen MR) is 89.1 cm³/mol. The molecule has 1 aromatic heterocycles. The summed E-state index contributed by atoms with van der Waals surface area (Å²) in [6.07, 6.45) is 2.36. The van der Waals surface area contributed by atoms with Crippen LogP contribution in [0.25, 0.3) is 0 Å². The summed E-state index contributed by atoms with van der Waals surface area (Å²) in [4.78, 5) is 20.1. The van der Waals surface area contributed by atoms with Crippen LogP contribution >= 0.6 is 0 Å². The highest BCUT2D eigenvalue weighted by Crippen LogP contribution is 2.24. The molecule has 2 N–H and O–H groups in total. The van der Waals surface area contributed by atoms with Gasteiger partial charge in [0.05, 0.1) is 31.7 Å². The molecule has 2 heterocycles. The SMILES string of the molecule is CCOc1cnc(C(=O)Nc2ccc(C3CNCCO3)c(F)c2)cn1. The van der Waals surface area contributed by atoms with Gasteiger partial charge in [0, 0.05) is 24.3 Å². The van der Waals surface area contributed by atoms with Gasteiger partial charge in [0.1, 0.15) is 11.5 Å². The van der Waals surface area contributed by atoms with Crippen LogP contribution in [0.5, 0.6) is 5.88 Å². The monoisotopic (exact) mass is 346 g/mol.